The highest BCUT2D eigenvalue weighted by atomic mass is 16.4. The number of aromatic nitrogens is 2. The quantitative estimate of drug-likeness (QED) is 0.702. The Morgan fingerprint density at radius 2 is 1.69 bits per heavy atom. The fourth-order valence-corrected chi connectivity index (χ4v) is 0.507. The summed E-state index contributed by atoms with van der Waals surface area (Å²) in [5, 5.41) is 7.99. The highest BCUT2D eigenvalue weighted by Gasteiger charge is 1.91. The topological polar surface area (TPSA) is 89.1 Å². The summed E-state index contributed by atoms with van der Waals surface area (Å²) in [6, 6.07) is 0. The summed E-state index contributed by atoms with van der Waals surface area (Å²) < 4.78 is 0. The number of rotatable bonds is 3. The number of carboxylic acids is 1. The van der Waals surface area contributed by atoms with Gasteiger partial charge in [-0.3, -0.25) is 14.8 Å². The summed E-state index contributed by atoms with van der Waals surface area (Å²) in [6.45, 7) is 0.465. The smallest absolute Gasteiger partial charge is 0.303 e. The maximum atomic E-state index is 9.70. The molecule has 3 N–H and O–H groups in total. The summed E-state index contributed by atoms with van der Waals surface area (Å²) >= 11 is 0. The first-order valence-electron chi connectivity index (χ1n) is 3.89. The second-order valence-corrected chi connectivity index (χ2v) is 2.18. The van der Waals surface area contributed by atoms with Crippen LogP contribution in [0.4, 0.5) is 0 Å². The molecule has 0 amide bonds. The third-order valence-electron chi connectivity index (χ3n) is 1.07. The lowest BCUT2D eigenvalue weighted by Gasteiger charge is -1.86. The molecule has 0 atom stereocenters. The maximum Gasteiger partial charge on any atom is 0.303 e. The molecule has 0 radical (unpaired) electrons. The molecule has 0 fully saturated rings. The van der Waals surface area contributed by atoms with Gasteiger partial charge >= 0.3 is 5.97 Å². The molecule has 1 aromatic rings. The second kappa shape index (κ2) is 8.61. The van der Waals surface area contributed by atoms with Gasteiger partial charge in [-0.1, -0.05) is 0 Å². The Labute approximate surface area is 76.6 Å². The van der Waals surface area contributed by atoms with Gasteiger partial charge in [0.25, 0.3) is 0 Å². The Morgan fingerprint density at radius 3 is 1.85 bits per heavy atom. The largest absolute Gasteiger partial charge is 0.481 e. The molecule has 13 heavy (non-hydrogen) atoms. The predicted molar refractivity (Wildman–Crippen MR) is 48.0 cm³/mol. The highest BCUT2D eigenvalue weighted by molar-refractivity contribution is 5.66. The van der Waals surface area contributed by atoms with Crippen LogP contribution in [0.25, 0.3) is 0 Å². The summed E-state index contributed by atoms with van der Waals surface area (Å²) in [6.07, 6.45) is 7.33. The van der Waals surface area contributed by atoms with E-state index in [4.69, 9.17) is 10.8 Å². The average molecular weight is 183 g/mol. The Morgan fingerprint density at radius 1 is 1.23 bits per heavy atom. The number of aliphatic carboxylic acids is 1. The molecule has 0 saturated carbocycles. The molecule has 0 unspecified atom stereocenters. The minimum Gasteiger partial charge on any atom is -0.481 e. The SMILES string of the molecule is NCCCC(=O)O.c1cnccn1. The number of hydrogen-bond acceptors (Lipinski definition) is 4. The van der Waals surface area contributed by atoms with Crippen molar-refractivity contribution in [3.05, 3.63) is 24.8 Å². The van der Waals surface area contributed by atoms with E-state index in [0.29, 0.717) is 13.0 Å². The van der Waals surface area contributed by atoms with Gasteiger partial charge in [0.1, 0.15) is 0 Å². The lowest BCUT2D eigenvalue weighted by Crippen LogP contribution is -2.02. The van der Waals surface area contributed by atoms with Crippen LogP contribution in [0.15, 0.2) is 24.8 Å². The summed E-state index contributed by atoms with van der Waals surface area (Å²) in [5.41, 5.74) is 5.01. The van der Waals surface area contributed by atoms with Crippen molar-refractivity contribution < 1.29 is 9.90 Å². The van der Waals surface area contributed by atoms with Crippen molar-refractivity contribution in [2.45, 2.75) is 12.8 Å². The van der Waals surface area contributed by atoms with Crippen LogP contribution in [0.5, 0.6) is 0 Å². The molecule has 0 aliphatic rings. The molecule has 0 aliphatic heterocycles. The molecule has 0 bridgehead atoms. The van der Waals surface area contributed by atoms with Gasteiger partial charge in [0, 0.05) is 31.2 Å². The summed E-state index contributed by atoms with van der Waals surface area (Å²) in [7, 11) is 0. The van der Waals surface area contributed by atoms with Gasteiger partial charge in [0.2, 0.25) is 0 Å². The van der Waals surface area contributed by atoms with Crippen molar-refractivity contribution >= 4 is 5.97 Å². The van der Waals surface area contributed by atoms with Crippen LogP contribution in [0.2, 0.25) is 0 Å². The second-order valence-electron chi connectivity index (χ2n) is 2.18. The minimum absolute atomic E-state index is 0.191. The Bertz CT molecular complexity index is 189. The van der Waals surface area contributed by atoms with Crippen LogP contribution in [0, 0.1) is 0 Å². The maximum absolute atomic E-state index is 9.70. The molecule has 0 aromatic carbocycles. The van der Waals surface area contributed by atoms with Crippen LogP contribution < -0.4 is 5.73 Å². The number of carbonyl (C=O) groups is 1. The minimum atomic E-state index is -0.773. The molecule has 1 heterocycles. The van der Waals surface area contributed by atoms with Crippen molar-refractivity contribution in [3.63, 3.8) is 0 Å². The van der Waals surface area contributed by atoms with E-state index in [0.717, 1.165) is 0 Å². The lowest BCUT2D eigenvalue weighted by molar-refractivity contribution is -0.137. The van der Waals surface area contributed by atoms with E-state index >= 15 is 0 Å². The predicted octanol–water partition coefficient (Wildman–Crippen LogP) is 0.286. The number of carboxylic acid groups (broad SMARTS) is 1. The zero-order valence-electron chi connectivity index (χ0n) is 7.26. The van der Waals surface area contributed by atoms with E-state index in [1.807, 2.05) is 0 Å². The molecule has 0 aliphatic carbocycles. The van der Waals surface area contributed by atoms with Crippen molar-refractivity contribution in [1.82, 2.24) is 9.97 Å². The Balaban J connectivity index is 0.000000223. The zero-order chi connectivity index (χ0) is 9.94. The van der Waals surface area contributed by atoms with Gasteiger partial charge in [-0.2, -0.15) is 0 Å². The van der Waals surface area contributed by atoms with E-state index in [1.54, 1.807) is 24.8 Å². The van der Waals surface area contributed by atoms with Crippen molar-refractivity contribution in [2.24, 2.45) is 5.73 Å². The van der Waals surface area contributed by atoms with Crippen molar-refractivity contribution in [2.75, 3.05) is 6.54 Å². The zero-order valence-corrected chi connectivity index (χ0v) is 7.26. The molecule has 0 spiro atoms. The highest BCUT2D eigenvalue weighted by Crippen LogP contribution is 1.82. The third-order valence-corrected chi connectivity index (χ3v) is 1.07. The summed E-state index contributed by atoms with van der Waals surface area (Å²) in [4.78, 5) is 17.1. The van der Waals surface area contributed by atoms with Gasteiger partial charge < -0.3 is 10.8 Å². The molecule has 72 valence electrons. The van der Waals surface area contributed by atoms with E-state index in [-0.39, 0.29) is 6.42 Å². The van der Waals surface area contributed by atoms with Crippen LogP contribution in [-0.4, -0.2) is 27.6 Å². The van der Waals surface area contributed by atoms with Gasteiger partial charge in [-0.05, 0) is 13.0 Å². The first-order valence-corrected chi connectivity index (χ1v) is 3.89. The first-order chi connectivity index (χ1) is 6.27. The number of nitrogens with zero attached hydrogens (tertiary/aromatic N) is 2. The van der Waals surface area contributed by atoms with Crippen LogP contribution in [0.1, 0.15) is 12.8 Å². The van der Waals surface area contributed by atoms with Crippen LogP contribution in [0.3, 0.4) is 0 Å². The van der Waals surface area contributed by atoms with Gasteiger partial charge in [-0.25, -0.2) is 0 Å². The Kier molecular flexibility index (Phi) is 7.62. The number of nitrogens with two attached hydrogens (primary N) is 1. The molecular weight excluding hydrogens is 170 g/mol. The molecular formula is C8H13N3O2. The lowest BCUT2D eigenvalue weighted by atomic mass is 10.3. The van der Waals surface area contributed by atoms with E-state index in [9.17, 15) is 4.79 Å². The van der Waals surface area contributed by atoms with E-state index in [1.165, 1.54) is 0 Å². The Hall–Kier alpha value is -1.49. The van der Waals surface area contributed by atoms with Crippen LogP contribution >= 0.6 is 0 Å². The van der Waals surface area contributed by atoms with Gasteiger partial charge in [0.05, 0.1) is 0 Å². The number of hydrogen-bond donors (Lipinski definition) is 2. The average Bonchev–Trinajstić information content (AvgIpc) is 2.18. The molecule has 0 saturated heterocycles. The standard InChI is InChI=1S/C4H4N2.C4H9NO2/c1-2-6-4-3-5-1;5-3-1-2-4(6)7/h1-4H;1-3,5H2,(H,6,7). The normalized spacial score (nSPS) is 8.38. The molecule has 1 rings (SSSR count). The molecule has 1 aromatic heterocycles. The van der Waals surface area contributed by atoms with E-state index < -0.39 is 5.97 Å². The molecule has 5 heteroatoms. The van der Waals surface area contributed by atoms with Crippen molar-refractivity contribution in [1.29, 1.82) is 0 Å². The van der Waals surface area contributed by atoms with Crippen LogP contribution in [-0.2, 0) is 4.79 Å². The molecule has 5 nitrogen and oxygen atoms in total. The summed E-state index contributed by atoms with van der Waals surface area (Å²) in [5.74, 6) is -0.773. The van der Waals surface area contributed by atoms with Gasteiger partial charge in [-0.15, -0.1) is 0 Å². The van der Waals surface area contributed by atoms with Gasteiger partial charge in [0.15, 0.2) is 0 Å². The fourth-order valence-electron chi connectivity index (χ4n) is 0.507. The first kappa shape index (κ1) is 11.5. The monoisotopic (exact) mass is 183 g/mol. The third kappa shape index (κ3) is 10.5. The fraction of sp³-hybridized carbons (Fsp3) is 0.375. The van der Waals surface area contributed by atoms with Crippen molar-refractivity contribution in [3.8, 4) is 0 Å². The van der Waals surface area contributed by atoms with E-state index in [2.05, 4.69) is 9.97 Å².